The van der Waals surface area contributed by atoms with Crippen LogP contribution in [0.1, 0.15) is 79.6 Å². The van der Waals surface area contributed by atoms with Crippen molar-refractivity contribution in [3.05, 3.63) is 0 Å². The molecule has 0 aromatic rings. The molecule has 3 nitrogen and oxygen atoms in total. The summed E-state index contributed by atoms with van der Waals surface area (Å²) in [4.78, 5) is 0. The van der Waals surface area contributed by atoms with Gasteiger partial charge in [0.05, 0.1) is 0 Å². The minimum Gasteiger partial charge on any atom is -0.374 e. The van der Waals surface area contributed by atoms with Crippen molar-refractivity contribution >= 4 is 8.80 Å². The number of hydrogen-bond acceptors (Lipinski definition) is 3. The molecule has 0 heterocycles. The highest BCUT2D eigenvalue weighted by Gasteiger charge is 2.39. The summed E-state index contributed by atoms with van der Waals surface area (Å²) in [6.07, 6.45) is 9.33. The van der Waals surface area contributed by atoms with Crippen molar-refractivity contribution < 1.29 is 13.3 Å². The van der Waals surface area contributed by atoms with E-state index in [4.69, 9.17) is 13.3 Å². The molecule has 4 heteroatoms. The van der Waals surface area contributed by atoms with Crippen LogP contribution in [0.3, 0.4) is 0 Å². The summed E-state index contributed by atoms with van der Waals surface area (Å²) in [6, 6.07) is 0.857. The highest BCUT2D eigenvalue weighted by atomic mass is 28.4. The van der Waals surface area contributed by atoms with E-state index in [1.165, 1.54) is 38.5 Å². The Kier molecular flexibility index (Phi) is 12.9. The second-order valence-electron chi connectivity index (χ2n) is 5.39. The van der Waals surface area contributed by atoms with Crippen molar-refractivity contribution in [2.45, 2.75) is 91.7 Å². The lowest BCUT2D eigenvalue weighted by molar-refractivity contribution is 0.0358. The second-order valence-corrected chi connectivity index (χ2v) is 8.27. The van der Waals surface area contributed by atoms with E-state index >= 15 is 0 Å². The fraction of sp³-hybridized carbons (Fsp3) is 1.00. The van der Waals surface area contributed by atoms with E-state index in [-0.39, 0.29) is 6.10 Å². The molecule has 0 radical (unpaired) electrons. The molecule has 0 aliphatic heterocycles. The molecule has 0 aliphatic carbocycles. The predicted octanol–water partition coefficient (Wildman–Crippen LogP) is 5.17. The predicted molar refractivity (Wildman–Crippen MR) is 88.0 cm³/mol. The SMILES string of the molecule is CCCCCCCCC(C)O[Si](CC)(OCC)OCC. The Labute approximate surface area is 127 Å². The Morgan fingerprint density at radius 1 is 0.800 bits per heavy atom. The van der Waals surface area contributed by atoms with Crippen molar-refractivity contribution in [3.63, 3.8) is 0 Å². The fourth-order valence-electron chi connectivity index (χ4n) is 2.41. The molecule has 0 aromatic heterocycles. The Balaban J connectivity index is 3.96. The van der Waals surface area contributed by atoms with Crippen molar-refractivity contribution in [2.24, 2.45) is 0 Å². The summed E-state index contributed by atoms with van der Waals surface area (Å²) >= 11 is 0. The number of rotatable bonds is 14. The number of hydrogen-bond donors (Lipinski definition) is 0. The lowest BCUT2D eigenvalue weighted by Gasteiger charge is -2.30. The van der Waals surface area contributed by atoms with Crippen LogP contribution in [0.2, 0.25) is 6.04 Å². The maximum absolute atomic E-state index is 6.19. The largest absolute Gasteiger partial charge is 0.500 e. The zero-order chi connectivity index (χ0) is 15.3. The van der Waals surface area contributed by atoms with Gasteiger partial charge in [-0.25, -0.2) is 0 Å². The standard InChI is InChI=1S/C16H36O3Si/c1-6-10-11-12-13-14-15-16(5)19-20(9-4,17-7-2)18-8-3/h16H,6-15H2,1-5H3. The van der Waals surface area contributed by atoms with Gasteiger partial charge in [-0.05, 0) is 27.2 Å². The van der Waals surface area contributed by atoms with Crippen LogP contribution in [-0.2, 0) is 13.3 Å². The summed E-state index contributed by atoms with van der Waals surface area (Å²) in [5, 5.41) is 0. The Morgan fingerprint density at radius 3 is 1.85 bits per heavy atom. The Bertz CT molecular complexity index is 206. The molecule has 0 aliphatic rings. The molecule has 0 N–H and O–H groups in total. The van der Waals surface area contributed by atoms with E-state index in [2.05, 4.69) is 20.8 Å². The van der Waals surface area contributed by atoms with Gasteiger partial charge in [0.2, 0.25) is 0 Å². The molecule has 0 fully saturated rings. The molecule has 0 rings (SSSR count). The Morgan fingerprint density at radius 2 is 1.35 bits per heavy atom. The maximum atomic E-state index is 6.19. The third kappa shape index (κ3) is 9.11. The van der Waals surface area contributed by atoms with E-state index < -0.39 is 8.80 Å². The first-order valence-corrected chi connectivity index (χ1v) is 10.5. The Hall–Kier alpha value is 0.0969. The van der Waals surface area contributed by atoms with Crippen molar-refractivity contribution in [1.82, 2.24) is 0 Å². The molecule has 0 bridgehead atoms. The van der Waals surface area contributed by atoms with Gasteiger partial charge in [0.15, 0.2) is 0 Å². The normalized spacial score (nSPS) is 13.7. The molecule has 0 amide bonds. The lowest BCUT2D eigenvalue weighted by atomic mass is 10.1. The van der Waals surface area contributed by atoms with E-state index in [9.17, 15) is 0 Å². The first kappa shape index (κ1) is 20.1. The van der Waals surface area contributed by atoms with Crippen LogP contribution in [0, 0.1) is 0 Å². The molecule has 1 atom stereocenters. The monoisotopic (exact) mass is 304 g/mol. The van der Waals surface area contributed by atoms with Crippen LogP contribution >= 0.6 is 0 Å². The average molecular weight is 305 g/mol. The van der Waals surface area contributed by atoms with E-state index in [1.807, 2.05) is 13.8 Å². The van der Waals surface area contributed by atoms with Gasteiger partial charge in [-0.3, -0.25) is 0 Å². The molecular weight excluding hydrogens is 268 g/mol. The van der Waals surface area contributed by atoms with E-state index in [1.54, 1.807) is 0 Å². The average Bonchev–Trinajstić information content (AvgIpc) is 2.43. The van der Waals surface area contributed by atoms with Crippen LogP contribution in [0.15, 0.2) is 0 Å². The van der Waals surface area contributed by atoms with E-state index in [0.717, 1.165) is 12.5 Å². The van der Waals surface area contributed by atoms with Gasteiger partial charge in [0, 0.05) is 25.4 Å². The first-order valence-electron chi connectivity index (χ1n) is 8.59. The summed E-state index contributed by atoms with van der Waals surface area (Å²) in [5.41, 5.74) is 0. The highest BCUT2D eigenvalue weighted by molar-refractivity contribution is 6.60. The van der Waals surface area contributed by atoms with Gasteiger partial charge in [-0.1, -0.05) is 52.4 Å². The van der Waals surface area contributed by atoms with Gasteiger partial charge >= 0.3 is 8.80 Å². The van der Waals surface area contributed by atoms with Crippen LogP contribution in [-0.4, -0.2) is 28.1 Å². The quantitative estimate of drug-likeness (QED) is 0.327. The third-order valence-electron chi connectivity index (χ3n) is 3.51. The van der Waals surface area contributed by atoms with Gasteiger partial charge in [0.1, 0.15) is 0 Å². The fourth-order valence-corrected chi connectivity index (χ4v) is 4.82. The molecule has 122 valence electrons. The summed E-state index contributed by atoms with van der Waals surface area (Å²) in [7, 11) is -2.41. The third-order valence-corrected chi connectivity index (χ3v) is 6.59. The van der Waals surface area contributed by atoms with Crippen molar-refractivity contribution in [1.29, 1.82) is 0 Å². The zero-order valence-corrected chi connectivity index (χ0v) is 15.4. The molecule has 1 unspecified atom stereocenters. The van der Waals surface area contributed by atoms with Crippen LogP contribution in [0.5, 0.6) is 0 Å². The number of unbranched alkanes of at least 4 members (excludes halogenated alkanes) is 5. The molecular formula is C16H36O3Si. The van der Waals surface area contributed by atoms with Gasteiger partial charge < -0.3 is 13.3 Å². The topological polar surface area (TPSA) is 27.7 Å². The van der Waals surface area contributed by atoms with Crippen LogP contribution in [0.25, 0.3) is 0 Å². The summed E-state index contributed by atoms with van der Waals surface area (Å²) in [5.74, 6) is 0. The van der Waals surface area contributed by atoms with E-state index in [0.29, 0.717) is 13.2 Å². The lowest BCUT2D eigenvalue weighted by Crippen LogP contribution is -2.47. The van der Waals surface area contributed by atoms with Crippen molar-refractivity contribution in [3.8, 4) is 0 Å². The molecule has 0 aromatic carbocycles. The highest BCUT2D eigenvalue weighted by Crippen LogP contribution is 2.20. The minimum atomic E-state index is -2.41. The van der Waals surface area contributed by atoms with Gasteiger partial charge in [-0.15, -0.1) is 0 Å². The second kappa shape index (κ2) is 12.8. The maximum Gasteiger partial charge on any atom is 0.500 e. The smallest absolute Gasteiger partial charge is 0.374 e. The van der Waals surface area contributed by atoms with Crippen LogP contribution in [0.4, 0.5) is 0 Å². The zero-order valence-electron chi connectivity index (χ0n) is 14.4. The summed E-state index contributed by atoms with van der Waals surface area (Å²) in [6.45, 7) is 11.9. The first-order chi connectivity index (χ1) is 9.64. The molecule has 0 spiro atoms. The molecule has 20 heavy (non-hydrogen) atoms. The van der Waals surface area contributed by atoms with Crippen LogP contribution < -0.4 is 0 Å². The van der Waals surface area contributed by atoms with Crippen molar-refractivity contribution in [2.75, 3.05) is 13.2 Å². The summed E-state index contributed by atoms with van der Waals surface area (Å²) < 4.78 is 17.9. The minimum absolute atomic E-state index is 0.242. The molecule has 0 saturated heterocycles. The molecule has 0 saturated carbocycles. The van der Waals surface area contributed by atoms with Gasteiger partial charge in [0.25, 0.3) is 0 Å². The van der Waals surface area contributed by atoms with Gasteiger partial charge in [-0.2, -0.15) is 0 Å².